The van der Waals surface area contributed by atoms with E-state index in [4.69, 9.17) is 0 Å². The number of nitrogens with one attached hydrogen (secondary N) is 3. The van der Waals surface area contributed by atoms with Crippen molar-refractivity contribution >= 4 is 16.6 Å². The maximum atomic E-state index is 4.18. The summed E-state index contributed by atoms with van der Waals surface area (Å²) in [6.45, 7) is 4.82. The third kappa shape index (κ3) is 1.76. The highest BCUT2D eigenvalue weighted by molar-refractivity contribution is 5.83. The van der Waals surface area contributed by atoms with Crippen LogP contribution >= 0.6 is 0 Å². The van der Waals surface area contributed by atoms with Crippen LogP contribution in [-0.4, -0.2) is 15.2 Å². The maximum Gasteiger partial charge on any atom is 0.0825 e. The van der Waals surface area contributed by atoms with E-state index in [0.717, 1.165) is 23.6 Å². The van der Waals surface area contributed by atoms with Crippen molar-refractivity contribution < 1.29 is 0 Å². The minimum atomic E-state index is 0.797. The van der Waals surface area contributed by atoms with Crippen molar-refractivity contribution in [2.45, 2.75) is 20.4 Å². The first-order chi connectivity index (χ1) is 8.75. The predicted octanol–water partition coefficient (Wildman–Crippen LogP) is 3.12. The fraction of sp³-hybridized carbons (Fsp3) is 0.214. The Morgan fingerprint density at radius 3 is 2.83 bits per heavy atom. The Morgan fingerprint density at radius 2 is 2.06 bits per heavy atom. The summed E-state index contributed by atoms with van der Waals surface area (Å²) in [6, 6.07) is 8.33. The van der Waals surface area contributed by atoms with E-state index in [1.54, 1.807) is 0 Å². The molecule has 0 atom stereocenters. The van der Waals surface area contributed by atoms with Crippen LogP contribution in [0.5, 0.6) is 0 Å². The SMILES string of the molecule is Cc1n[nH]c(C)c1NCc1c[nH]c2ccccc12. The molecule has 0 aliphatic heterocycles. The lowest BCUT2D eigenvalue weighted by molar-refractivity contribution is 1.02. The third-order valence-electron chi connectivity index (χ3n) is 3.26. The van der Waals surface area contributed by atoms with Crippen LogP contribution in [0.15, 0.2) is 30.5 Å². The zero-order valence-corrected chi connectivity index (χ0v) is 10.5. The molecule has 3 N–H and O–H groups in total. The van der Waals surface area contributed by atoms with Gasteiger partial charge in [-0.1, -0.05) is 18.2 Å². The molecule has 1 aromatic carbocycles. The molecule has 0 saturated heterocycles. The molecule has 0 amide bonds. The highest BCUT2D eigenvalue weighted by Crippen LogP contribution is 2.21. The molecule has 2 heterocycles. The molecule has 0 aliphatic carbocycles. The second-order valence-corrected chi connectivity index (χ2v) is 4.52. The van der Waals surface area contributed by atoms with Crippen LogP contribution in [0, 0.1) is 13.8 Å². The van der Waals surface area contributed by atoms with Gasteiger partial charge in [0, 0.05) is 23.6 Å². The van der Waals surface area contributed by atoms with Gasteiger partial charge in [-0.25, -0.2) is 0 Å². The lowest BCUT2D eigenvalue weighted by atomic mass is 10.1. The van der Waals surface area contributed by atoms with Gasteiger partial charge in [0.2, 0.25) is 0 Å². The van der Waals surface area contributed by atoms with E-state index < -0.39 is 0 Å². The summed E-state index contributed by atoms with van der Waals surface area (Å²) in [5.41, 5.74) is 5.63. The minimum Gasteiger partial charge on any atom is -0.378 e. The van der Waals surface area contributed by atoms with Gasteiger partial charge in [0.25, 0.3) is 0 Å². The van der Waals surface area contributed by atoms with Crippen LogP contribution < -0.4 is 5.32 Å². The summed E-state index contributed by atoms with van der Waals surface area (Å²) in [4.78, 5) is 3.28. The third-order valence-corrected chi connectivity index (χ3v) is 3.26. The highest BCUT2D eigenvalue weighted by Gasteiger charge is 2.07. The lowest BCUT2D eigenvalue weighted by Gasteiger charge is -2.05. The van der Waals surface area contributed by atoms with Crippen molar-refractivity contribution in [3.63, 3.8) is 0 Å². The molecule has 0 spiro atoms. The Labute approximate surface area is 105 Å². The number of H-pyrrole nitrogens is 2. The molecule has 0 aliphatic rings. The first-order valence-corrected chi connectivity index (χ1v) is 6.06. The van der Waals surface area contributed by atoms with E-state index >= 15 is 0 Å². The van der Waals surface area contributed by atoms with Crippen LogP contribution in [0.2, 0.25) is 0 Å². The van der Waals surface area contributed by atoms with Crippen LogP contribution in [-0.2, 0) is 6.54 Å². The monoisotopic (exact) mass is 240 g/mol. The standard InChI is InChI=1S/C14H16N4/c1-9-14(10(2)18-17-9)16-8-11-7-15-13-6-4-3-5-12(11)13/h3-7,15-16H,8H2,1-2H3,(H,17,18). The molecule has 2 aromatic heterocycles. The number of rotatable bonds is 3. The summed E-state index contributed by atoms with van der Waals surface area (Å²) >= 11 is 0. The molecular weight excluding hydrogens is 224 g/mol. The first kappa shape index (κ1) is 10.9. The molecule has 0 saturated carbocycles. The molecule has 0 bridgehead atoms. The second-order valence-electron chi connectivity index (χ2n) is 4.52. The number of aromatic nitrogens is 3. The predicted molar refractivity (Wildman–Crippen MR) is 73.7 cm³/mol. The molecular formula is C14H16N4. The van der Waals surface area contributed by atoms with Crippen molar-refractivity contribution in [1.82, 2.24) is 15.2 Å². The fourth-order valence-electron chi connectivity index (χ4n) is 2.27. The minimum absolute atomic E-state index is 0.797. The number of aromatic amines is 2. The maximum absolute atomic E-state index is 4.18. The van der Waals surface area contributed by atoms with Gasteiger partial charge < -0.3 is 10.3 Å². The van der Waals surface area contributed by atoms with Gasteiger partial charge in [-0.2, -0.15) is 5.10 Å². The summed E-state index contributed by atoms with van der Waals surface area (Å²) < 4.78 is 0. The Morgan fingerprint density at radius 1 is 1.22 bits per heavy atom. The number of nitrogens with zero attached hydrogens (tertiary/aromatic N) is 1. The number of para-hydroxylation sites is 1. The zero-order valence-electron chi connectivity index (χ0n) is 10.5. The van der Waals surface area contributed by atoms with Crippen molar-refractivity contribution in [2.75, 3.05) is 5.32 Å². The van der Waals surface area contributed by atoms with Gasteiger partial charge in [0.05, 0.1) is 17.1 Å². The van der Waals surface area contributed by atoms with Crippen LogP contribution in [0.25, 0.3) is 10.9 Å². The molecule has 4 heteroatoms. The van der Waals surface area contributed by atoms with Gasteiger partial charge >= 0.3 is 0 Å². The zero-order chi connectivity index (χ0) is 12.5. The molecule has 92 valence electrons. The van der Waals surface area contributed by atoms with Crippen molar-refractivity contribution in [3.05, 3.63) is 47.4 Å². The molecule has 3 rings (SSSR count). The van der Waals surface area contributed by atoms with E-state index in [1.807, 2.05) is 19.9 Å². The van der Waals surface area contributed by atoms with Gasteiger partial charge in [-0.3, -0.25) is 5.10 Å². The first-order valence-electron chi connectivity index (χ1n) is 6.06. The Balaban J connectivity index is 1.85. The van der Waals surface area contributed by atoms with Gasteiger partial charge in [-0.05, 0) is 25.5 Å². The molecule has 0 fully saturated rings. The number of benzene rings is 1. The molecule has 4 nitrogen and oxygen atoms in total. The molecule has 3 aromatic rings. The van der Waals surface area contributed by atoms with E-state index in [2.05, 4.69) is 44.9 Å². The van der Waals surface area contributed by atoms with Crippen LogP contribution in [0.3, 0.4) is 0 Å². The van der Waals surface area contributed by atoms with E-state index in [1.165, 1.54) is 16.5 Å². The van der Waals surface area contributed by atoms with Gasteiger partial charge in [0.15, 0.2) is 0 Å². The largest absolute Gasteiger partial charge is 0.378 e. The molecule has 18 heavy (non-hydrogen) atoms. The Bertz CT molecular complexity index is 658. The summed E-state index contributed by atoms with van der Waals surface area (Å²) in [7, 11) is 0. The van der Waals surface area contributed by atoms with Gasteiger partial charge in [-0.15, -0.1) is 0 Å². The average Bonchev–Trinajstić information content (AvgIpc) is 2.93. The summed E-state index contributed by atoms with van der Waals surface area (Å²) in [5, 5.41) is 11.9. The number of aryl methyl sites for hydroxylation is 2. The Hall–Kier alpha value is -2.23. The molecule has 0 radical (unpaired) electrons. The summed E-state index contributed by atoms with van der Waals surface area (Å²) in [5.74, 6) is 0. The quantitative estimate of drug-likeness (QED) is 0.658. The number of fused-ring (bicyclic) bond motifs is 1. The van der Waals surface area contributed by atoms with Crippen LogP contribution in [0.1, 0.15) is 17.0 Å². The average molecular weight is 240 g/mol. The topological polar surface area (TPSA) is 56.5 Å². The van der Waals surface area contributed by atoms with E-state index in [0.29, 0.717) is 0 Å². The summed E-state index contributed by atoms with van der Waals surface area (Å²) in [6.07, 6.45) is 2.06. The highest BCUT2D eigenvalue weighted by atomic mass is 15.1. The smallest absolute Gasteiger partial charge is 0.0825 e. The number of hydrogen-bond donors (Lipinski definition) is 3. The Kier molecular flexibility index (Phi) is 2.55. The molecule has 0 unspecified atom stereocenters. The van der Waals surface area contributed by atoms with Crippen molar-refractivity contribution in [3.8, 4) is 0 Å². The van der Waals surface area contributed by atoms with Crippen molar-refractivity contribution in [1.29, 1.82) is 0 Å². The van der Waals surface area contributed by atoms with E-state index in [-0.39, 0.29) is 0 Å². The fourth-order valence-corrected chi connectivity index (χ4v) is 2.27. The van der Waals surface area contributed by atoms with E-state index in [9.17, 15) is 0 Å². The van der Waals surface area contributed by atoms with Gasteiger partial charge in [0.1, 0.15) is 0 Å². The second kappa shape index (κ2) is 4.22. The number of hydrogen-bond acceptors (Lipinski definition) is 2. The van der Waals surface area contributed by atoms with Crippen LogP contribution in [0.4, 0.5) is 5.69 Å². The normalized spacial score (nSPS) is 11.0. The van der Waals surface area contributed by atoms with Crippen molar-refractivity contribution in [2.24, 2.45) is 0 Å². The number of anilines is 1. The lowest BCUT2D eigenvalue weighted by Crippen LogP contribution is -2.00.